The molecular weight excluding hydrogens is 249 g/mol. The lowest BCUT2D eigenvalue weighted by Gasteiger charge is -2.26. The van der Waals surface area contributed by atoms with E-state index < -0.39 is 0 Å². The van der Waals surface area contributed by atoms with Crippen LogP contribution in [0.1, 0.15) is 5.56 Å². The number of carbonyl (C=O) groups excluding carboxylic acids is 1. The summed E-state index contributed by atoms with van der Waals surface area (Å²) in [4.78, 5) is 13.9. The van der Waals surface area contributed by atoms with Crippen LogP contribution in [0.3, 0.4) is 0 Å². The zero-order valence-electron chi connectivity index (χ0n) is 10.4. The average molecular weight is 263 g/mol. The predicted octanol–water partition coefficient (Wildman–Crippen LogP) is 1.97. The molecule has 1 aromatic heterocycles. The van der Waals surface area contributed by atoms with Crippen molar-refractivity contribution >= 4 is 16.9 Å². The van der Waals surface area contributed by atoms with Crippen molar-refractivity contribution in [2.75, 3.05) is 26.3 Å². The molecule has 4 nitrogen and oxygen atoms in total. The third-order valence-corrected chi connectivity index (χ3v) is 3.32. The quantitative estimate of drug-likeness (QED) is 0.832. The maximum absolute atomic E-state index is 13.2. The van der Waals surface area contributed by atoms with Crippen molar-refractivity contribution in [3.8, 4) is 0 Å². The smallest absolute Gasteiger partial charge is 0.227 e. The minimum Gasteiger partial charge on any atom is -0.464 e. The van der Waals surface area contributed by atoms with E-state index in [1.807, 2.05) is 0 Å². The zero-order chi connectivity index (χ0) is 13.2. The van der Waals surface area contributed by atoms with Gasteiger partial charge in [-0.2, -0.15) is 0 Å². The fourth-order valence-electron chi connectivity index (χ4n) is 2.28. The van der Waals surface area contributed by atoms with Crippen LogP contribution in [0.15, 0.2) is 28.9 Å². The molecule has 1 fully saturated rings. The van der Waals surface area contributed by atoms with Gasteiger partial charge in [0.2, 0.25) is 5.91 Å². The highest BCUT2D eigenvalue weighted by Crippen LogP contribution is 2.23. The molecule has 2 heterocycles. The maximum atomic E-state index is 13.2. The van der Waals surface area contributed by atoms with Crippen LogP contribution in [0.4, 0.5) is 4.39 Å². The Hall–Kier alpha value is -1.88. The van der Waals surface area contributed by atoms with E-state index in [4.69, 9.17) is 9.15 Å². The third-order valence-electron chi connectivity index (χ3n) is 3.32. The number of nitrogens with zero attached hydrogens (tertiary/aromatic N) is 1. The molecule has 100 valence electrons. The summed E-state index contributed by atoms with van der Waals surface area (Å²) in [5, 5.41) is 0.668. The maximum Gasteiger partial charge on any atom is 0.227 e. The van der Waals surface area contributed by atoms with Crippen molar-refractivity contribution in [3.63, 3.8) is 0 Å². The molecule has 1 aliphatic rings. The van der Waals surface area contributed by atoms with Gasteiger partial charge in [0.05, 0.1) is 25.9 Å². The number of halogens is 1. The summed E-state index contributed by atoms with van der Waals surface area (Å²) in [7, 11) is 0. The first-order valence-electron chi connectivity index (χ1n) is 6.25. The molecule has 1 saturated heterocycles. The van der Waals surface area contributed by atoms with Gasteiger partial charge < -0.3 is 14.1 Å². The molecule has 0 saturated carbocycles. The molecule has 0 spiro atoms. The van der Waals surface area contributed by atoms with Crippen LogP contribution >= 0.6 is 0 Å². The molecule has 0 atom stereocenters. The van der Waals surface area contributed by atoms with Gasteiger partial charge in [-0.05, 0) is 18.2 Å². The number of rotatable bonds is 2. The summed E-state index contributed by atoms with van der Waals surface area (Å²) in [5.41, 5.74) is 1.33. The molecule has 0 radical (unpaired) electrons. The van der Waals surface area contributed by atoms with E-state index in [-0.39, 0.29) is 18.1 Å². The molecular formula is C14H14FNO3. The van der Waals surface area contributed by atoms with Crippen molar-refractivity contribution < 1.29 is 18.3 Å². The topological polar surface area (TPSA) is 42.7 Å². The molecule has 2 aromatic rings. The molecule has 0 aliphatic carbocycles. The van der Waals surface area contributed by atoms with E-state index in [1.165, 1.54) is 18.4 Å². The van der Waals surface area contributed by atoms with Crippen molar-refractivity contribution in [1.29, 1.82) is 0 Å². The zero-order valence-corrected chi connectivity index (χ0v) is 10.4. The van der Waals surface area contributed by atoms with Crippen molar-refractivity contribution in [1.82, 2.24) is 4.90 Å². The second-order valence-corrected chi connectivity index (χ2v) is 4.57. The number of ether oxygens (including phenoxy) is 1. The van der Waals surface area contributed by atoms with Gasteiger partial charge in [-0.1, -0.05) is 0 Å². The lowest BCUT2D eigenvalue weighted by Crippen LogP contribution is -2.41. The van der Waals surface area contributed by atoms with Gasteiger partial charge >= 0.3 is 0 Å². The first-order chi connectivity index (χ1) is 9.24. The number of furan rings is 1. The highest BCUT2D eigenvalue weighted by atomic mass is 19.1. The molecule has 0 N–H and O–H groups in total. The Morgan fingerprint density at radius 3 is 2.89 bits per heavy atom. The predicted molar refractivity (Wildman–Crippen MR) is 67.3 cm³/mol. The third kappa shape index (κ3) is 2.46. The summed E-state index contributed by atoms with van der Waals surface area (Å²) in [6.45, 7) is 2.38. The minimum atomic E-state index is -0.325. The summed E-state index contributed by atoms with van der Waals surface area (Å²) in [5.74, 6) is -0.302. The van der Waals surface area contributed by atoms with E-state index in [1.54, 1.807) is 11.0 Å². The van der Waals surface area contributed by atoms with Crippen LogP contribution in [-0.4, -0.2) is 37.1 Å². The fourth-order valence-corrected chi connectivity index (χ4v) is 2.28. The van der Waals surface area contributed by atoms with Gasteiger partial charge in [0.15, 0.2) is 0 Å². The van der Waals surface area contributed by atoms with Crippen LogP contribution in [-0.2, 0) is 16.0 Å². The molecule has 1 amide bonds. The van der Waals surface area contributed by atoms with Gasteiger partial charge in [0.1, 0.15) is 11.4 Å². The van der Waals surface area contributed by atoms with E-state index in [2.05, 4.69) is 0 Å². The highest BCUT2D eigenvalue weighted by Gasteiger charge is 2.19. The molecule has 5 heteroatoms. The minimum absolute atomic E-state index is 0.0234. The average Bonchev–Trinajstić information content (AvgIpc) is 2.82. The Kier molecular flexibility index (Phi) is 3.21. The Balaban J connectivity index is 1.80. The van der Waals surface area contributed by atoms with Gasteiger partial charge in [-0.3, -0.25) is 4.79 Å². The normalized spacial score (nSPS) is 15.9. The molecule has 0 unspecified atom stereocenters. The lowest BCUT2D eigenvalue weighted by molar-refractivity contribution is -0.134. The standard InChI is InChI=1S/C14H14FNO3/c15-11-1-2-13-12(8-11)10(9-19-13)7-14(17)16-3-5-18-6-4-16/h1-2,8-9H,3-7H2. The van der Waals surface area contributed by atoms with Crippen LogP contribution in [0.25, 0.3) is 11.0 Å². The first-order valence-corrected chi connectivity index (χ1v) is 6.25. The van der Waals surface area contributed by atoms with Crippen LogP contribution < -0.4 is 0 Å². The Bertz CT molecular complexity index is 602. The van der Waals surface area contributed by atoms with Crippen molar-refractivity contribution in [2.24, 2.45) is 0 Å². The lowest BCUT2D eigenvalue weighted by atomic mass is 10.1. The Morgan fingerprint density at radius 1 is 1.32 bits per heavy atom. The molecule has 1 aliphatic heterocycles. The Morgan fingerprint density at radius 2 is 2.11 bits per heavy atom. The summed E-state index contributed by atoms with van der Waals surface area (Å²) < 4.78 is 23.8. The van der Waals surface area contributed by atoms with E-state index in [0.717, 1.165) is 5.56 Å². The number of hydrogen-bond donors (Lipinski definition) is 0. The van der Waals surface area contributed by atoms with Crippen molar-refractivity contribution in [2.45, 2.75) is 6.42 Å². The van der Waals surface area contributed by atoms with E-state index in [0.29, 0.717) is 37.3 Å². The fraction of sp³-hybridized carbons (Fsp3) is 0.357. The molecule has 1 aromatic carbocycles. The monoisotopic (exact) mass is 263 g/mol. The van der Waals surface area contributed by atoms with E-state index in [9.17, 15) is 9.18 Å². The highest BCUT2D eigenvalue weighted by molar-refractivity contribution is 5.87. The number of benzene rings is 1. The molecule has 0 bridgehead atoms. The molecule has 3 rings (SSSR count). The second kappa shape index (κ2) is 5.01. The number of carbonyl (C=O) groups is 1. The summed E-state index contributed by atoms with van der Waals surface area (Å²) in [6.07, 6.45) is 1.76. The van der Waals surface area contributed by atoms with Crippen LogP contribution in [0.2, 0.25) is 0 Å². The summed E-state index contributed by atoms with van der Waals surface area (Å²) in [6, 6.07) is 4.33. The van der Waals surface area contributed by atoms with Crippen LogP contribution in [0.5, 0.6) is 0 Å². The number of amides is 1. The van der Waals surface area contributed by atoms with Gasteiger partial charge in [-0.15, -0.1) is 0 Å². The van der Waals surface area contributed by atoms with Crippen molar-refractivity contribution in [3.05, 3.63) is 35.8 Å². The summed E-state index contributed by atoms with van der Waals surface area (Å²) >= 11 is 0. The van der Waals surface area contributed by atoms with E-state index >= 15 is 0 Å². The number of morpholine rings is 1. The van der Waals surface area contributed by atoms with Crippen LogP contribution in [0, 0.1) is 5.82 Å². The SMILES string of the molecule is O=C(Cc1coc2ccc(F)cc12)N1CCOCC1. The van der Waals surface area contributed by atoms with Gasteiger partial charge in [0.25, 0.3) is 0 Å². The second-order valence-electron chi connectivity index (χ2n) is 4.57. The van der Waals surface area contributed by atoms with Gasteiger partial charge in [0, 0.05) is 24.0 Å². The largest absolute Gasteiger partial charge is 0.464 e. The van der Waals surface area contributed by atoms with Gasteiger partial charge in [-0.25, -0.2) is 4.39 Å². The number of fused-ring (bicyclic) bond motifs is 1. The first kappa shape index (κ1) is 12.2. The number of hydrogen-bond acceptors (Lipinski definition) is 3. The molecule has 19 heavy (non-hydrogen) atoms. The Labute approximate surface area is 109 Å².